The van der Waals surface area contributed by atoms with Crippen molar-refractivity contribution >= 4 is 21.9 Å². The van der Waals surface area contributed by atoms with Crippen LogP contribution in [0.2, 0.25) is 0 Å². The molecule has 1 aliphatic heterocycles. The lowest BCUT2D eigenvalue weighted by Gasteiger charge is -2.22. The summed E-state index contributed by atoms with van der Waals surface area (Å²) < 4.78 is 17.0. The smallest absolute Gasteiger partial charge is 0.307 e. The quantitative estimate of drug-likeness (QED) is 0.732. The fraction of sp³-hybridized carbons (Fsp3) is 0.533. The van der Waals surface area contributed by atoms with Gasteiger partial charge in [0.15, 0.2) is 11.5 Å². The maximum Gasteiger partial charge on any atom is 0.307 e. The molecule has 1 aromatic carbocycles. The topological polar surface area (TPSA) is 48.0 Å². The van der Waals surface area contributed by atoms with E-state index < -0.39 is 0 Å². The number of hydrogen-bond acceptors (Lipinski definition) is 5. The van der Waals surface area contributed by atoms with Gasteiger partial charge in [-0.1, -0.05) is 15.9 Å². The number of halogens is 1. The van der Waals surface area contributed by atoms with Crippen molar-refractivity contribution in [3.8, 4) is 11.5 Å². The van der Waals surface area contributed by atoms with Gasteiger partial charge in [-0.2, -0.15) is 0 Å². The average Bonchev–Trinajstić information content (AvgIpc) is 2.46. The van der Waals surface area contributed by atoms with E-state index in [-0.39, 0.29) is 5.97 Å². The molecule has 0 saturated heterocycles. The number of carbonyl (C=O) groups is 1. The van der Waals surface area contributed by atoms with Crippen molar-refractivity contribution in [2.75, 3.05) is 33.4 Å². The predicted octanol–water partition coefficient (Wildman–Crippen LogP) is 2.61. The molecule has 21 heavy (non-hydrogen) atoms. The Morgan fingerprint density at radius 2 is 2.00 bits per heavy atom. The van der Waals surface area contributed by atoms with E-state index in [1.165, 1.54) is 0 Å². The highest BCUT2D eigenvalue weighted by atomic mass is 79.9. The van der Waals surface area contributed by atoms with E-state index in [0.717, 1.165) is 28.1 Å². The number of fused-ring (bicyclic) bond motifs is 1. The summed E-state index contributed by atoms with van der Waals surface area (Å²) in [6.07, 6.45) is 0.395. The molecule has 0 N–H and O–H groups in total. The third-order valence-electron chi connectivity index (χ3n) is 3.15. The molecule has 0 spiro atoms. The molecule has 0 radical (unpaired) electrons. The number of rotatable bonds is 6. The lowest BCUT2D eigenvalue weighted by molar-refractivity contribution is -0.143. The molecule has 1 aromatic rings. The first kappa shape index (κ1) is 16.1. The van der Waals surface area contributed by atoms with Gasteiger partial charge in [0.05, 0.1) is 13.0 Å². The Hall–Kier alpha value is -1.27. The van der Waals surface area contributed by atoms with Crippen molar-refractivity contribution in [2.45, 2.75) is 19.9 Å². The van der Waals surface area contributed by atoms with E-state index in [2.05, 4.69) is 20.8 Å². The van der Waals surface area contributed by atoms with Crippen LogP contribution in [-0.2, 0) is 16.1 Å². The maximum atomic E-state index is 11.4. The molecular weight excluding hydrogens is 338 g/mol. The van der Waals surface area contributed by atoms with Crippen molar-refractivity contribution in [2.24, 2.45) is 0 Å². The summed E-state index contributed by atoms with van der Waals surface area (Å²) >= 11 is 3.55. The van der Waals surface area contributed by atoms with Crippen LogP contribution in [0.25, 0.3) is 0 Å². The first-order valence-electron chi connectivity index (χ1n) is 7.02. The summed E-state index contributed by atoms with van der Waals surface area (Å²) in [5.41, 5.74) is 1.10. The molecule has 0 aromatic heterocycles. The van der Waals surface area contributed by atoms with E-state index in [9.17, 15) is 4.79 Å². The molecule has 116 valence electrons. The highest BCUT2D eigenvalue weighted by Crippen LogP contribution is 2.35. The summed E-state index contributed by atoms with van der Waals surface area (Å²) in [7, 11) is 1.97. The standard InChI is InChI=1S/C15H20BrNO4/c1-3-19-15(18)4-5-17(2)10-11-8-13-14(9-12(11)16)21-7-6-20-13/h8-9H,3-7,10H2,1-2H3. The second-order valence-corrected chi connectivity index (χ2v) is 5.73. The summed E-state index contributed by atoms with van der Waals surface area (Å²) in [4.78, 5) is 13.4. The number of benzene rings is 1. The van der Waals surface area contributed by atoms with Crippen LogP contribution in [-0.4, -0.2) is 44.3 Å². The third kappa shape index (κ3) is 4.61. The number of ether oxygens (including phenoxy) is 3. The molecule has 0 aliphatic carbocycles. The molecule has 6 heteroatoms. The van der Waals surface area contributed by atoms with E-state index >= 15 is 0 Å². The number of hydrogen-bond donors (Lipinski definition) is 0. The molecule has 0 atom stereocenters. The molecule has 0 amide bonds. The normalized spacial score (nSPS) is 13.3. The monoisotopic (exact) mass is 357 g/mol. The van der Waals surface area contributed by atoms with Crippen LogP contribution in [0.1, 0.15) is 18.9 Å². The van der Waals surface area contributed by atoms with Crippen LogP contribution in [0.15, 0.2) is 16.6 Å². The summed E-state index contributed by atoms with van der Waals surface area (Å²) in [5.74, 6) is 1.38. The fourth-order valence-corrected chi connectivity index (χ4v) is 2.56. The Bertz CT molecular complexity index is 507. The Morgan fingerprint density at radius 1 is 1.33 bits per heavy atom. The molecule has 0 saturated carbocycles. The second-order valence-electron chi connectivity index (χ2n) is 4.88. The van der Waals surface area contributed by atoms with Crippen LogP contribution < -0.4 is 9.47 Å². The summed E-state index contributed by atoms with van der Waals surface area (Å²) in [6.45, 7) is 4.77. The minimum atomic E-state index is -0.161. The lowest BCUT2D eigenvalue weighted by Crippen LogP contribution is -2.23. The zero-order chi connectivity index (χ0) is 15.2. The van der Waals surface area contributed by atoms with Crippen LogP contribution in [0.5, 0.6) is 11.5 Å². The van der Waals surface area contributed by atoms with Crippen LogP contribution in [0.4, 0.5) is 0 Å². The average molecular weight is 358 g/mol. The van der Waals surface area contributed by atoms with Gasteiger partial charge < -0.3 is 19.1 Å². The first-order chi connectivity index (χ1) is 10.1. The molecule has 1 heterocycles. The van der Waals surface area contributed by atoms with E-state index in [4.69, 9.17) is 14.2 Å². The Labute approximate surface area is 133 Å². The summed E-state index contributed by atoms with van der Waals surface area (Å²) in [6, 6.07) is 3.92. The second kappa shape index (κ2) is 7.66. The zero-order valence-electron chi connectivity index (χ0n) is 12.4. The van der Waals surface area contributed by atoms with E-state index in [1.807, 2.05) is 26.1 Å². The van der Waals surface area contributed by atoms with E-state index in [0.29, 0.717) is 32.8 Å². The molecule has 0 fully saturated rings. The van der Waals surface area contributed by atoms with Gasteiger partial charge in [0.1, 0.15) is 13.2 Å². The van der Waals surface area contributed by atoms with Gasteiger partial charge in [-0.25, -0.2) is 0 Å². The number of carbonyl (C=O) groups excluding carboxylic acids is 1. The van der Waals surface area contributed by atoms with Crippen molar-refractivity contribution in [3.63, 3.8) is 0 Å². The zero-order valence-corrected chi connectivity index (χ0v) is 13.9. The SMILES string of the molecule is CCOC(=O)CCN(C)Cc1cc2c(cc1Br)OCCO2. The summed E-state index contributed by atoms with van der Waals surface area (Å²) in [5, 5.41) is 0. The first-order valence-corrected chi connectivity index (χ1v) is 7.81. The molecule has 0 unspecified atom stereocenters. The van der Waals surface area contributed by atoms with Crippen molar-refractivity contribution in [1.29, 1.82) is 0 Å². The van der Waals surface area contributed by atoms with Gasteiger partial charge in [0.25, 0.3) is 0 Å². The largest absolute Gasteiger partial charge is 0.486 e. The third-order valence-corrected chi connectivity index (χ3v) is 3.89. The van der Waals surface area contributed by atoms with Gasteiger partial charge in [0, 0.05) is 17.6 Å². The molecule has 2 rings (SSSR count). The van der Waals surface area contributed by atoms with Crippen molar-refractivity contribution in [1.82, 2.24) is 4.90 Å². The molecular formula is C15H20BrNO4. The van der Waals surface area contributed by atoms with Crippen molar-refractivity contribution in [3.05, 3.63) is 22.2 Å². The number of nitrogens with zero attached hydrogens (tertiary/aromatic N) is 1. The molecule has 0 bridgehead atoms. The fourth-order valence-electron chi connectivity index (χ4n) is 2.11. The van der Waals surface area contributed by atoms with Gasteiger partial charge in [0.2, 0.25) is 0 Å². The minimum Gasteiger partial charge on any atom is -0.486 e. The van der Waals surface area contributed by atoms with Gasteiger partial charge in [-0.15, -0.1) is 0 Å². The van der Waals surface area contributed by atoms with Crippen LogP contribution >= 0.6 is 15.9 Å². The molecule has 5 nitrogen and oxygen atoms in total. The lowest BCUT2D eigenvalue weighted by atomic mass is 10.2. The Kier molecular flexibility index (Phi) is 5.87. The van der Waals surface area contributed by atoms with E-state index in [1.54, 1.807) is 0 Å². The van der Waals surface area contributed by atoms with Crippen molar-refractivity contribution < 1.29 is 19.0 Å². The van der Waals surface area contributed by atoms with Crippen LogP contribution in [0, 0.1) is 0 Å². The predicted molar refractivity (Wildman–Crippen MR) is 82.7 cm³/mol. The Balaban J connectivity index is 1.94. The Morgan fingerprint density at radius 3 is 2.67 bits per heavy atom. The molecule has 1 aliphatic rings. The van der Waals surface area contributed by atoms with Crippen LogP contribution in [0.3, 0.4) is 0 Å². The highest BCUT2D eigenvalue weighted by molar-refractivity contribution is 9.10. The maximum absolute atomic E-state index is 11.4. The minimum absolute atomic E-state index is 0.161. The highest BCUT2D eigenvalue weighted by Gasteiger charge is 2.16. The van der Waals surface area contributed by atoms with Gasteiger partial charge in [-0.05, 0) is 31.7 Å². The van der Waals surface area contributed by atoms with Gasteiger partial charge in [-0.3, -0.25) is 4.79 Å². The van der Waals surface area contributed by atoms with Gasteiger partial charge >= 0.3 is 5.97 Å². The number of esters is 1.